The molecule has 0 aliphatic rings. The number of nitrogens with one attached hydrogen (secondary N) is 1. The van der Waals surface area contributed by atoms with Gasteiger partial charge in [0.1, 0.15) is 5.56 Å². The van der Waals surface area contributed by atoms with Crippen molar-refractivity contribution in [3.05, 3.63) is 22.0 Å². The molecule has 0 aliphatic heterocycles. The van der Waals surface area contributed by atoms with Gasteiger partial charge in [0.2, 0.25) is 17.1 Å². The van der Waals surface area contributed by atoms with Crippen LogP contribution < -0.4 is 14.9 Å². The minimum absolute atomic E-state index is 0.0280. The van der Waals surface area contributed by atoms with Gasteiger partial charge in [0.25, 0.3) is 0 Å². The fourth-order valence-electron chi connectivity index (χ4n) is 1.21. The van der Waals surface area contributed by atoms with Crippen LogP contribution in [0.25, 0.3) is 0 Å². The van der Waals surface area contributed by atoms with Crippen LogP contribution in [0.5, 0.6) is 11.6 Å². The number of carbonyl (C=O) groups is 1. The molecule has 1 heterocycles. The average molecular weight is 281 g/mol. The van der Waals surface area contributed by atoms with Gasteiger partial charge in [-0.25, -0.2) is 4.79 Å². The van der Waals surface area contributed by atoms with Crippen LogP contribution in [-0.2, 0) is 4.74 Å². The fraction of sp³-hybridized carbons (Fsp3) is 0.400. The van der Waals surface area contributed by atoms with E-state index in [-0.39, 0.29) is 6.61 Å². The molecule has 0 amide bonds. The summed E-state index contributed by atoms with van der Waals surface area (Å²) >= 11 is 0. The van der Waals surface area contributed by atoms with Crippen LogP contribution in [0.3, 0.4) is 0 Å². The van der Waals surface area contributed by atoms with Crippen molar-refractivity contribution in [2.45, 2.75) is 13.3 Å². The summed E-state index contributed by atoms with van der Waals surface area (Å²) in [6.07, 6.45) is -4.20. The van der Waals surface area contributed by atoms with Crippen molar-refractivity contribution in [3.8, 4) is 11.6 Å². The monoisotopic (exact) mass is 281 g/mol. The predicted molar refractivity (Wildman–Crippen MR) is 56.3 cm³/mol. The standard InChI is InChI=1S/C10H10F3NO5/c1-3-18-9(16)5-4-14-8(17-2)7(6(5)15)19-10(11,12)13/h4H,3H2,1-2H3,(H,14,15). The minimum Gasteiger partial charge on any atom is -0.480 e. The van der Waals surface area contributed by atoms with Crippen LogP contribution >= 0.6 is 0 Å². The normalized spacial score (nSPS) is 11.0. The maximum atomic E-state index is 12.2. The number of pyridine rings is 1. The zero-order valence-corrected chi connectivity index (χ0v) is 9.96. The molecule has 106 valence electrons. The van der Waals surface area contributed by atoms with Crippen molar-refractivity contribution < 1.29 is 32.2 Å². The van der Waals surface area contributed by atoms with Crippen LogP contribution in [0.2, 0.25) is 0 Å². The Morgan fingerprint density at radius 1 is 1.42 bits per heavy atom. The van der Waals surface area contributed by atoms with E-state index >= 15 is 0 Å². The minimum atomic E-state index is -5.09. The lowest BCUT2D eigenvalue weighted by atomic mass is 10.2. The highest BCUT2D eigenvalue weighted by Gasteiger charge is 2.35. The first kappa shape index (κ1) is 14.9. The second kappa shape index (κ2) is 5.63. The number of rotatable bonds is 4. The Hall–Kier alpha value is -2.19. The van der Waals surface area contributed by atoms with Gasteiger partial charge in [-0.2, -0.15) is 0 Å². The van der Waals surface area contributed by atoms with E-state index in [0.29, 0.717) is 0 Å². The number of ether oxygens (including phenoxy) is 3. The highest BCUT2D eigenvalue weighted by Crippen LogP contribution is 2.27. The van der Waals surface area contributed by atoms with Crippen LogP contribution in [0.1, 0.15) is 17.3 Å². The Bertz CT molecular complexity index is 523. The fourth-order valence-corrected chi connectivity index (χ4v) is 1.21. The van der Waals surface area contributed by atoms with Crippen molar-refractivity contribution >= 4 is 5.97 Å². The van der Waals surface area contributed by atoms with Crippen molar-refractivity contribution in [3.63, 3.8) is 0 Å². The van der Waals surface area contributed by atoms with Gasteiger partial charge in [-0.1, -0.05) is 0 Å². The number of hydrogen-bond acceptors (Lipinski definition) is 5. The van der Waals surface area contributed by atoms with Gasteiger partial charge >= 0.3 is 12.3 Å². The molecule has 19 heavy (non-hydrogen) atoms. The van der Waals surface area contributed by atoms with E-state index in [2.05, 4.69) is 19.2 Å². The maximum Gasteiger partial charge on any atom is 0.573 e. The topological polar surface area (TPSA) is 77.6 Å². The third kappa shape index (κ3) is 3.63. The molecule has 9 heteroatoms. The number of aromatic nitrogens is 1. The van der Waals surface area contributed by atoms with Crippen LogP contribution in [0.4, 0.5) is 13.2 Å². The molecule has 1 aromatic heterocycles. The molecule has 1 N–H and O–H groups in total. The number of methoxy groups -OCH3 is 1. The molecule has 6 nitrogen and oxygen atoms in total. The molecule has 0 aromatic carbocycles. The zero-order valence-electron chi connectivity index (χ0n) is 9.96. The number of alkyl halides is 3. The van der Waals surface area contributed by atoms with Gasteiger partial charge < -0.3 is 19.2 Å². The van der Waals surface area contributed by atoms with Crippen LogP contribution in [0, 0.1) is 0 Å². The zero-order chi connectivity index (χ0) is 14.6. The van der Waals surface area contributed by atoms with Gasteiger partial charge in [-0.3, -0.25) is 4.79 Å². The van der Waals surface area contributed by atoms with Crippen LogP contribution in [0.15, 0.2) is 11.0 Å². The summed E-state index contributed by atoms with van der Waals surface area (Å²) < 4.78 is 49.1. The third-order valence-corrected chi connectivity index (χ3v) is 1.92. The molecule has 0 atom stereocenters. The SMILES string of the molecule is CCOC(=O)c1c[nH]c(OC)c(OC(F)(F)F)c1=O. The summed E-state index contributed by atoms with van der Waals surface area (Å²) in [6.45, 7) is 1.46. The molecular weight excluding hydrogens is 271 g/mol. The number of halogens is 3. The van der Waals surface area contributed by atoms with E-state index in [1.807, 2.05) is 0 Å². The second-order valence-electron chi connectivity index (χ2n) is 3.16. The number of esters is 1. The average Bonchev–Trinajstić information content (AvgIpc) is 2.30. The lowest BCUT2D eigenvalue weighted by Crippen LogP contribution is -2.26. The molecule has 0 radical (unpaired) electrons. The molecule has 0 unspecified atom stereocenters. The van der Waals surface area contributed by atoms with E-state index in [1.165, 1.54) is 6.92 Å². The van der Waals surface area contributed by atoms with E-state index in [9.17, 15) is 22.8 Å². The summed E-state index contributed by atoms with van der Waals surface area (Å²) in [4.78, 5) is 25.3. The van der Waals surface area contributed by atoms with Gasteiger partial charge in [-0.05, 0) is 6.92 Å². The number of carbonyl (C=O) groups excluding carboxylic acids is 1. The van der Waals surface area contributed by atoms with E-state index in [0.717, 1.165) is 13.3 Å². The first-order valence-electron chi connectivity index (χ1n) is 5.02. The van der Waals surface area contributed by atoms with Crippen LogP contribution in [-0.4, -0.2) is 31.0 Å². The van der Waals surface area contributed by atoms with E-state index < -0.39 is 35.0 Å². The number of hydrogen-bond donors (Lipinski definition) is 1. The molecular formula is C10H10F3NO5. The number of H-pyrrole nitrogens is 1. The Morgan fingerprint density at radius 2 is 2.05 bits per heavy atom. The molecule has 1 aromatic rings. The maximum absolute atomic E-state index is 12.2. The summed E-state index contributed by atoms with van der Waals surface area (Å²) in [6, 6.07) is 0. The highest BCUT2D eigenvalue weighted by atomic mass is 19.4. The van der Waals surface area contributed by atoms with Gasteiger partial charge in [0, 0.05) is 6.20 Å². The van der Waals surface area contributed by atoms with Gasteiger partial charge in [0.15, 0.2) is 0 Å². The second-order valence-corrected chi connectivity index (χ2v) is 3.16. The van der Waals surface area contributed by atoms with Crippen molar-refractivity contribution in [1.29, 1.82) is 0 Å². The first-order chi connectivity index (χ1) is 8.80. The Kier molecular flexibility index (Phi) is 4.41. The van der Waals surface area contributed by atoms with Crippen molar-refractivity contribution in [2.24, 2.45) is 0 Å². The molecule has 0 bridgehead atoms. The molecule has 1 rings (SSSR count). The largest absolute Gasteiger partial charge is 0.573 e. The Morgan fingerprint density at radius 3 is 2.53 bits per heavy atom. The number of aromatic amines is 1. The van der Waals surface area contributed by atoms with E-state index in [1.54, 1.807) is 0 Å². The van der Waals surface area contributed by atoms with Crippen molar-refractivity contribution in [2.75, 3.05) is 13.7 Å². The smallest absolute Gasteiger partial charge is 0.480 e. The van der Waals surface area contributed by atoms with Gasteiger partial charge in [0.05, 0.1) is 13.7 Å². The van der Waals surface area contributed by atoms with Gasteiger partial charge in [-0.15, -0.1) is 13.2 Å². The Balaban J connectivity index is 3.30. The predicted octanol–water partition coefficient (Wildman–Crippen LogP) is 1.46. The summed E-state index contributed by atoms with van der Waals surface area (Å²) in [5.74, 6) is -2.76. The highest BCUT2D eigenvalue weighted by molar-refractivity contribution is 5.89. The lowest BCUT2D eigenvalue weighted by Gasteiger charge is -2.12. The molecule has 0 saturated heterocycles. The summed E-state index contributed by atoms with van der Waals surface area (Å²) in [5, 5.41) is 0. The Labute approximate surface area is 105 Å². The summed E-state index contributed by atoms with van der Waals surface area (Å²) in [7, 11) is 1.04. The third-order valence-electron chi connectivity index (χ3n) is 1.92. The van der Waals surface area contributed by atoms with E-state index in [4.69, 9.17) is 0 Å². The van der Waals surface area contributed by atoms with Crippen molar-refractivity contribution in [1.82, 2.24) is 4.98 Å². The lowest BCUT2D eigenvalue weighted by molar-refractivity contribution is -0.275. The molecule has 0 spiro atoms. The molecule has 0 aliphatic carbocycles. The first-order valence-corrected chi connectivity index (χ1v) is 5.02. The molecule has 0 fully saturated rings. The molecule has 0 saturated carbocycles. The quantitative estimate of drug-likeness (QED) is 0.845. The summed E-state index contributed by atoms with van der Waals surface area (Å²) in [5.41, 5.74) is -1.88.